The minimum atomic E-state index is 0.791. The van der Waals surface area contributed by atoms with Crippen molar-refractivity contribution < 1.29 is 0 Å². The van der Waals surface area contributed by atoms with E-state index < -0.39 is 0 Å². The van der Waals surface area contributed by atoms with Crippen molar-refractivity contribution in [1.82, 2.24) is 9.97 Å². The number of hydrogen-bond acceptors (Lipinski definition) is 5. The molecule has 0 radical (unpaired) electrons. The van der Waals surface area contributed by atoms with Crippen LogP contribution in [0.2, 0.25) is 0 Å². The first-order valence-corrected chi connectivity index (χ1v) is 7.49. The summed E-state index contributed by atoms with van der Waals surface area (Å²) in [7, 11) is 0. The molecular formula is C14H20N4S. The van der Waals surface area contributed by atoms with E-state index in [1.165, 1.54) is 5.56 Å². The Hall–Kier alpha value is -1.62. The number of anilines is 2. The van der Waals surface area contributed by atoms with E-state index in [1.807, 2.05) is 13.8 Å². The Morgan fingerprint density at radius 2 is 1.89 bits per heavy atom. The molecule has 2 N–H and O–H groups in total. The van der Waals surface area contributed by atoms with Crippen LogP contribution in [0.4, 0.5) is 11.6 Å². The highest BCUT2D eigenvalue weighted by molar-refractivity contribution is 7.07. The van der Waals surface area contributed by atoms with Crippen molar-refractivity contribution in [3.8, 4) is 0 Å². The van der Waals surface area contributed by atoms with Gasteiger partial charge in [0, 0.05) is 18.7 Å². The van der Waals surface area contributed by atoms with Crippen LogP contribution < -0.4 is 10.6 Å². The second-order valence-corrected chi connectivity index (χ2v) is 5.21. The van der Waals surface area contributed by atoms with Gasteiger partial charge in [-0.15, -0.1) is 0 Å². The molecule has 0 atom stereocenters. The number of aryl methyl sites for hydroxylation is 1. The fraction of sp³-hybridized carbons (Fsp3) is 0.429. The summed E-state index contributed by atoms with van der Waals surface area (Å²) in [6.45, 7) is 7.79. The summed E-state index contributed by atoms with van der Waals surface area (Å²) < 4.78 is 0. The molecule has 2 aromatic rings. The third-order valence-corrected chi connectivity index (χ3v) is 3.62. The van der Waals surface area contributed by atoms with Gasteiger partial charge in [-0.3, -0.25) is 0 Å². The van der Waals surface area contributed by atoms with Crippen molar-refractivity contribution in [2.75, 3.05) is 23.7 Å². The first-order chi connectivity index (χ1) is 9.20. The molecule has 0 spiro atoms. The van der Waals surface area contributed by atoms with Crippen molar-refractivity contribution >= 4 is 23.0 Å². The van der Waals surface area contributed by atoms with E-state index in [0.29, 0.717) is 0 Å². The lowest BCUT2D eigenvalue weighted by Crippen LogP contribution is -2.11. The Labute approximate surface area is 118 Å². The van der Waals surface area contributed by atoms with Gasteiger partial charge in [0.15, 0.2) is 0 Å². The molecule has 102 valence electrons. The van der Waals surface area contributed by atoms with Gasteiger partial charge in [-0.1, -0.05) is 0 Å². The monoisotopic (exact) mass is 276 g/mol. The topological polar surface area (TPSA) is 49.8 Å². The van der Waals surface area contributed by atoms with Crippen molar-refractivity contribution in [3.63, 3.8) is 0 Å². The number of hydrogen-bond donors (Lipinski definition) is 2. The highest BCUT2D eigenvalue weighted by atomic mass is 32.1. The number of aromatic nitrogens is 2. The van der Waals surface area contributed by atoms with Crippen molar-refractivity contribution in [3.05, 3.63) is 33.8 Å². The van der Waals surface area contributed by atoms with Gasteiger partial charge >= 0.3 is 0 Å². The van der Waals surface area contributed by atoms with Crippen LogP contribution in [0.5, 0.6) is 0 Å². The second kappa shape index (κ2) is 6.52. The lowest BCUT2D eigenvalue weighted by Gasteiger charge is -2.13. The van der Waals surface area contributed by atoms with E-state index in [9.17, 15) is 0 Å². The number of rotatable bonds is 6. The van der Waals surface area contributed by atoms with Gasteiger partial charge in [0.05, 0.1) is 0 Å². The van der Waals surface area contributed by atoms with E-state index in [-0.39, 0.29) is 0 Å². The highest BCUT2D eigenvalue weighted by Crippen LogP contribution is 2.19. The normalized spacial score (nSPS) is 10.5. The minimum Gasteiger partial charge on any atom is -0.370 e. The zero-order valence-electron chi connectivity index (χ0n) is 11.7. The van der Waals surface area contributed by atoms with Crippen molar-refractivity contribution in [1.29, 1.82) is 0 Å². The van der Waals surface area contributed by atoms with Gasteiger partial charge in [-0.25, -0.2) is 9.97 Å². The molecule has 2 aromatic heterocycles. The average Bonchev–Trinajstić information content (AvgIpc) is 2.88. The number of thiophene rings is 1. The highest BCUT2D eigenvalue weighted by Gasteiger charge is 2.08. The molecule has 0 bridgehead atoms. The molecule has 2 heterocycles. The Morgan fingerprint density at radius 3 is 2.53 bits per heavy atom. The lowest BCUT2D eigenvalue weighted by molar-refractivity contribution is 0.968. The summed E-state index contributed by atoms with van der Waals surface area (Å²) in [6.07, 6.45) is 1.02. The zero-order chi connectivity index (χ0) is 13.7. The molecule has 2 rings (SSSR count). The zero-order valence-corrected chi connectivity index (χ0v) is 12.5. The van der Waals surface area contributed by atoms with Crippen LogP contribution in [0, 0.1) is 13.8 Å². The van der Waals surface area contributed by atoms with Crippen molar-refractivity contribution in [2.45, 2.75) is 27.2 Å². The summed E-state index contributed by atoms with van der Waals surface area (Å²) in [4.78, 5) is 8.90. The van der Waals surface area contributed by atoms with Gasteiger partial charge in [0.2, 0.25) is 0 Å². The van der Waals surface area contributed by atoms with Gasteiger partial charge in [0.1, 0.15) is 17.5 Å². The Balaban J connectivity index is 2.02. The minimum absolute atomic E-state index is 0.791. The smallest absolute Gasteiger partial charge is 0.134 e. The molecule has 0 aromatic carbocycles. The summed E-state index contributed by atoms with van der Waals surface area (Å²) in [5.74, 6) is 2.64. The number of nitrogens with one attached hydrogen (secondary N) is 2. The predicted octanol–water partition coefficient (Wildman–Crippen LogP) is 3.24. The van der Waals surface area contributed by atoms with Crippen LogP contribution in [0.25, 0.3) is 0 Å². The molecule has 0 saturated heterocycles. The summed E-state index contributed by atoms with van der Waals surface area (Å²) in [6, 6.07) is 2.16. The van der Waals surface area contributed by atoms with Crippen LogP contribution >= 0.6 is 11.3 Å². The van der Waals surface area contributed by atoms with Crippen LogP contribution in [0.3, 0.4) is 0 Å². The van der Waals surface area contributed by atoms with Crippen LogP contribution in [0.15, 0.2) is 16.8 Å². The van der Waals surface area contributed by atoms with E-state index >= 15 is 0 Å². The molecule has 0 aliphatic carbocycles. The maximum absolute atomic E-state index is 4.47. The van der Waals surface area contributed by atoms with Gasteiger partial charge < -0.3 is 10.6 Å². The summed E-state index contributed by atoms with van der Waals surface area (Å²) in [5, 5.41) is 11.0. The second-order valence-electron chi connectivity index (χ2n) is 4.43. The molecular weight excluding hydrogens is 256 g/mol. The van der Waals surface area contributed by atoms with Gasteiger partial charge in [-0.05, 0) is 49.6 Å². The number of nitrogens with zero attached hydrogens (tertiary/aromatic N) is 2. The largest absolute Gasteiger partial charge is 0.370 e. The van der Waals surface area contributed by atoms with E-state index in [2.05, 4.69) is 44.4 Å². The fourth-order valence-corrected chi connectivity index (χ4v) is 2.60. The first-order valence-electron chi connectivity index (χ1n) is 6.54. The lowest BCUT2D eigenvalue weighted by atomic mass is 10.2. The summed E-state index contributed by atoms with van der Waals surface area (Å²) >= 11 is 1.74. The first kappa shape index (κ1) is 13.8. The SMILES string of the molecule is CCNc1nc(C)nc(NCCc2ccsc2)c1C. The third kappa shape index (κ3) is 3.67. The fourth-order valence-electron chi connectivity index (χ4n) is 1.90. The van der Waals surface area contributed by atoms with Crippen LogP contribution in [-0.4, -0.2) is 23.1 Å². The summed E-state index contributed by atoms with van der Waals surface area (Å²) in [5.41, 5.74) is 2.45. The molecule has 4 nitrogen and oxygen atoms in total. The Kier molecular flexibility index (Phi) is 4.74. The molecule has 0 unspecified atom stereocenters. The molecule has 19 heavy (non-hydrogen) atoms. The van der Waals surface area contributed by atoms with Crippen molar-refractivity contribution in [2.24, 2.45) is 0 Å². The Morgan fingerprint density at radius 1 is 1.16 bits per heavy atom. The van der Waals surface area contributed by atoms with Crippen LogP contribution in [-0.2, 0) is 6.42 Å². The molecule has 0 amide bonds. The maximum atomic E-state index is 4.47. The van der Waals surface area contributed by atoms with Crippen LogP contribution in [0.1, 0.15) is 23.9 Å². The molecule has 5 heteroatoms. The quantitative estimate of drug-likeness (QED) is 0.850. The van der Waals surface area contributed by atoms with E-state index in [0.717, 1.165) is 42.5 Å². The maximum Gasteiger partial charge on any atom is 0.134 e. The third-order valence-electron chi connectivity index (χ3n) is 2.89. The predicted molar refractivity (Wildman–Crippen MR) is 82.2 cm³/mol. The average molecular weight is 276 g/mol. The van der Waals surface area contributed by atoms with Gasteiger partial charge in [-0.2, -0.15) is 11.3 Å². The molecule has 0 aliphatic heterocycles. The standard InChI is InChI=1S/C14H20N4S/c1-4-15-13-10(2)14(18-11(3)17-13)16-7-5-12-6-8-19-9-12/h6,8-9H,4-5,7H2,1-3H3,(H2,15,16,17,18). The Bertz CT molecular complexity index is 522. The molecule has 0 fully saturated rings. The van der Waals surface area contributed by atoms with E-state index in [1.54, 1.807) is 11.3 Å². The molecule has 0 aliphatic rings. The molecule has 0 saturated carbocycles. The van der Waals surface area contributed by atoms with Gasteiger partial charge in [0.25, 0.3) is 0 Å². The van der Waals surface area contributed by atoms with E-state index in [4.69, 9.17) is 0 Å².